The largest absolute Gasteiger partial charge is 0.494 e. The average molecular weight is 667 g/mol. The lowest BCUT2D eigenvalue weighted by atomic mass is 10.1. The monoisotopic (exact) mass is 666 g/mol. The number of carbonyl (C=O) groups is 3. The molecular weight excluding hydrogens is 633 g/mol. The lowest BCUT2D eigenvalue weighted by molar-refractivity contribution is -0.116. The third kappa shape index (κ3) is 8.46. The van der Waals surface area contributed by atoms with Crippen molar-refractivity contribution in [1.29, 1.82) is 0 Å². The van der Waals surface area contributed by atoms with Gasteiger partial charge in [0.2, 0.25) is 5.91 Å². The van der Waals surface area contributed by atoms with Crippen LogP contribution in [-0.2, 0) is 9.59 Å². The van der Waals surface area contributed by atoms with Crippen molar-refractivity contribution < 1.29 is 19.1 Å². The molecule has 1 heterocycles. The van der Waals surface area contributed by atoms with Gasteiger partial charge in [-0.1, -0.05) is 72.8 Å². The summed E-state index contributed by atoms with van der Waals surface area (Å²) < 4.78 is 5.52. The molecule has 6 rings (SSSR count). The normalized spacial score (nSPS) is 11.8. The van der Waals surface area contributed by atoms with Crippen LogP contribution < -0.4 is 20.7 Å². The van der Waals surface area contributed by atoms with Gasteiger partial charge in [0.05, 0.1) is 6.61 Å². The summed E-state index contributed by atoms with van der Waals surface area (Å²) in [6.45, 7) is 2.48. The van der Waals surface area contributed by atoms with Crippen molar-refractivity contribution in [3.05, 3.63) is 162 Å². The van der Waals surface area contributed by atoms with Gasteiger partial charge < -0.3 is 25.7 Å². The molecule has 0 saturated carbocycles. The Hall–Kier alpha value is -6.06. The number of aromatic nitrogens is 1. The third-order valence-electron chi connectivity index (χ3n) is 7.57. The summed E-state index contributed by atoms with van der Waals surface area (Å²) in [5.74, 6) is -0.366. The molecule has 0 saturated heterocycles. The number of nitrogens with one attached hydrogen (secondary N) is 4. The number of thioether (sulfide) groups is 1. The van der Waals surface area contributed by atoms with Gasteiger partial charge >= 0.3 is 0 Å². The van der Waals surface area contributed by atoms with Gasteiger partial charge in [0.15, 0.2) is 0 Å². The second kappa shape index (κ2) is 15.7. The van der Waals surface area contributed by atoms with E-state index in [-0.39, 0.29) is 11.6 Å². The fourth-order valence-electron chi connectivity index (χ4n) is 5.20. The van der Waals surface area contributed by atoms with E-state index in [2.05, 4.69) is 20.9 Å². The predicted octanol–water partition coefficient (Wildman–Crippen LogP) is 8.45. The van der Waals surface area contributed by atoms with Crippen LogP contribution in [0.4, 0.5) is 11.4 Å². The SMILES string of the molecule is CCOc1ccc(NC(=O)C(Sc2cccc(NC(=O)/C(=C/c3c[nH]c4ccccc34)NC(=O)c3ccccc3)c2)c2ccccc2)cc1. The number of para-hydroxylation sites is 1. The van der Waals surface area contributed by atoms with E-state index in [1.54, 1.807) is 42.6 Å². The smallest absolute Gasteiger partial charge is 0.272 e. The van der Waals surface area contributed by atoms with Gasteiger partial charge in [0, 0.05) is 44.5 Å². The van der Waals surface area contributed by atoms with E-state index in [1.807, 2.05) is 110 Å². The molecule has 8 nitrogen and oxygen atoms in total. The van der Waals surface area contributed by atoms with Crippen LogP contribution in [0.25, 0.3) is 17.0 Å². The number of hydrogen-bond donors (Lipinski definition) is 4. The molecule has 49 heavy (non-hydrogen) atoms. The first-order valence-electron chi connectivity index (χ1n) is 15.8. The second-order valence-electron chi connectivity index (χ2n) is 11.0. The van der Waals surface area contributed by atoms with Crippen LogP contribution in [0.3, 0.4) is 0 Å². The van der Waals surface area contributed by atoms with Gasteiger partial charge in [-0.25, -0.2) is 0 Å². The highest BCUT2D eigenvalue weighted by atomic mass is 32.2. The minimum absolute atomic E-state index is 0.0774. The molecule has 9 heteroatoms. The summed E-state index contributed by atoms with van der Waals surface area (Å²) in [7, 11) is 0. The van der Waals surface area contributed by atoms with Crippen LogP contribution in [0.2, 0.25) is 0 Å². The van der Waals surface area contributed by atoms with E-state index in [9.17, 15) is 14.4 Å². The summed E-state index contributed by atoms with van der Waals surface area (Å²) >= 11 is 1.37. The number of anilines is 2. The van der Waals surface area contributed by atoms with E-state index in [1.165, 1.54) is 11.8 Å². The van der Waals surface area contributed by atoms with Crippen LogP contribution >= 0.6 is 11.8 Å². The minimum atomic E-state index is -0.582. The summed E-state index contributed by atoms with van der Waals surface area (Å²) in [6, 6.07) is 40.5. The van der Waals surface area contributed by atoms with Gasteiger partial charge in [0.25, 0.3) is 11.8 Å². The maximum Gasteiger partial charge on any atom is 0.272 e. The number of fused-ring (bicyclic) bond motifs is 1. The molecule has 0 aliphatic carbocycles. The van der Waals surface area contributed by atoms with Crippen LogP contribution in [0.5, 0.6) is 5.75 Å². The molecule has 0 aliphatic rings. The van der Waals surface area contributed by atoms with Crippen LogP contribution in [0.1, 0.15) is 33.7 Å². The third-order valence-corrected chi connectivity index (χ3v) is 8.82. The minimum Gasteiger partial charge on any atom is -0.494 e. The van der Waals surface area contributed by atoms with Crippen molar-refractivity contribution in [3.8, 4) is 5.75 Å². The molecule has 3 amide bonds. The number of rotatable bonds is 12. The number of amides is 3. The fraction of sp³-hybridized carbons (Fsp3) is 0.0750. The van der Waals surface area contributed by atoms with Gasteiger partial charge in [-0.05, 0) is 79.2 Å². The number of carbonyl (C=O) groups excluding carboxylic acids is 3. The van der Waals surface area contributed by atoms with E-state index in [4.69, 9.17) is 4.74 Å². The predicted molar refractivity (Wildman–Crippen MR) is 197 cm³/mol. The van der Waals surface area contributed by atoms with Crippen molar-refractivity contribution in [2.75, 3.05) is 17.2 Å². The Morgan fingerprint density at radius 3 is 2.24 bits per heavy atom. The lowest BCUT2D eigenvalue weighted by Crippen LogP contribution is -2.30. The Bertz CT molecular complexity index is 2090. The molecule has 0 fully saturated rings. The molecule has 1 unspecified atom stereocenters. The van der Waals surface area contributed by atoms with E-state index in [0.717, 1.165) is 32.7 Å². The van der Waals surface area contributed by atoms with Gasteiger partial charge in [-0.15, -0.1) is 11.8 Å². The van der Waals surface area contributed by atoms with Crippen LogP contribution in [0, 0.1) is 0 Å². The maximum absolute atomic E-state index is 13.8. The Morgan fingerprint density at radius 1 is 0.776 bits per heavy atom. The zero-order valence-electron chi connectivity index (χ0n) is 26.7. The first-order valence-corrected chi connectivity index (χ1v) is 16.7. The zero-order chi connectivity index (χ0) is 34.0. The molecule has 1 aromatic heterocycles. The van der Waals surface area contributed by atoms with Gasteiger partial charge in [-0.3, -0.25) is 14.4 Å². The molecule has 0 aliphatic heterocycles. The molecule has 5 aromatic carbocycles. The quantitative estimate of drug-likeness (QED) is 0.0774. The van der Waals surface area contributed by atoms with Crippen molar-refractivity contribution in [3.63, 3.8) is 0 Å². The number of aromatic amines is 1. The fourth-order valence-corrected chi connectivity index (χ4v) is 6.29. The van der Waals surface area contributed by atoms with E-state index >= 15 is 0 Å². The van der Waals surface area contributed by atoms with Gasteiger partial charge in [-0.2, -0.15) is 0 Å². The van der Waals surface area contributed by atoms with Crippen molar-refractivity contribution >= 4 is 57.8 Å². The van der Waals surface area contributed by atoms with Crippen LogP contribution in [0.15, 0.2) is 150 Å². The Kier molecular flexibility index (Phi) is 10.5. The Balaban J connectivity index is 1.23. The van der Waals surface area contributed by atoms with Crippen LogP contribution in [-0.4, -0.2) is 29.3 Å². The molecule has 0 radical (unpaired) electrons. The average Bonchev–Trinajstić information content (AvgIpc) is 3.54. The Morgan fingerprint density at radius 2 is 1.49 bits per heavy atom. The topological polar surface area (TPSA) is 112 Å². The lowest BCUT2D eigenvalue weighted by Gasteiger charge is -2.18. The molecule has 244 valence electrons. The first-order chi connectivity index (χ1) is 24.0. The highest BCUT2D eigenvalue weighted by molar-refractivity contribution is 8.00. The highest BCUT2D eigenvalue weighted by Crippen LogP contribution is 2.37. The van der Waals surface area contributed by atoms with E-state index < -0.39 is 17.1 Å². The van der Waals surface area contributed by atoms with E-state index in [0.29, 0.717) is 23.5 Å². The van der Waals surface area contributed by atoms with Gasteiger partial charge in [0.1, 0.15) is 16.7 Å². The maximum atomic E-state index is 13.8. The number of H-pyrrole nitrogens is 1. The summed E-state index contributed by atoms with van der Waals surface area (Å²) in [5, 5.41) is 9.10. The molecule has 0 bridgehead atoms. The molecule has 1 atom stereocenters. The first kappa shape index (κ1) is 32.9. The Labute approximate surface area is 288 Å². The molecule has 0 spiro atoms. The molecule has 4 N–H and O–H groups in total. The zero-order valence-corrected chi connectivity index (χ0v) is 27.5. The van der Waals surface area contributed by atoms with Crippen molar-refractivity contribution in [2.24, 2.45) is 0 Å². The standard InChI is InChI=1S/C40H34N4O4S/c1-2-48-32-22-20-30(21-23-32)42-40(47)37(27-12-5-3-6-13-27)49-33-17-11-16-31(25-33)43-39(46)36(44-38(45)28-14-7-4-8-15-28)24-29-26-41-35-19-10-9-18-34(29)35/h3-26,37,41H,2H2,1H3,(H,42,47)(H,43,46)(H,44,45)/b36-24-. The summed E-state index contributed by atoms with van der Waals surface area (Å²) in [5.41, 5.74) is 4.16. The molecular formula is C40H34N4O4S. The number of benzene rings is 5. The number of hydrogen-bond acceptors (Lipinski definition) is 5. The molecule has 6 aromatic rings. The highest BCUT2D eigenvalue weighted by Gasteiger charge is 2.23. The summed E-state index contributed by atoms with van der Waals surface area (Å²) in [6.07, 6.45) is 3.45. The van der Waals surface area contributed by atoms with Crippen molar-refractivity contribution in [2.45, 2.75) is 17.1 Å². The number of ether oxygens (including phenoxy) is 1. The summed E-state index contributed by atoms with van der Waals surface area (Å²) in [4.78, 5) is 44.6. The second-order valence-corrected chi connectivity index (χ2v) is 12.2. The van der Waals surface area contributed by atoms with Crippen molar-refractivity contribution in [1.82, 2.24) is 10.3 Å².